The van der Waals surface area contributed by atoms with Crippen LogP contribution in [0.3, 0.4) is 0 Å². The third kappa shape index (κ3) is 2.26. The lowest BCUT2D eigenvalue weighted by atomic mass is 9.96. The summed E-state index contributed by atoms with van der Waals surface area (Å²) in [4.78, 5) is 11.5. The zero-order chi connectivity index (χ0) is 12.4. The van der Waals surface area contributed by atoms with Crippen LogP contribution >= 0.6 is 0 Å². The number of benzene rings is 2. The first kappa shape index (κ1) is 11.5. The van der Waals surface area contributed by atoms with Crippen LogP contribution in [-0.4, -0.2) is 5.78 Å². The summed E-state index contributed by atoms with van der Waals surface area (Å²) in [7, 11) is 0. The van der Waals surface area contributed by atoms with Gasteiger partial charge in [0.15, 0.2) is 5.78 Å². The second-order valence-corrected chi connectivity index (χ2v) is 4.09. The largest absolute Gasteiger partial charge is 0.294 e. The molecule has 0 aliphatic carbocycles. The molecular formula is C15H13FO. The van der Waals surface area contributed by atoms with Crippen molar-refractivity contribution >= 4 is 5.78 Å². The molecule has 0 heterocycles. The molecule has 86 valence electrons. The molecule has 2 aromatic rings. The predicted molar refractivity (Wildman–Crippen MR) is 66.6 cm³/mol. The third-order valence-corrected chi connectivity index (χ3v) is 2.69. The molecule has 2 aromatic carbocycles. The summed E-state index contributed by atoms with van der Waals surface area (Å²) < 4.78 is 13.7. The van der Waals surface area contributed by atoms with Gasteiger partial charge in [-0.25, -0.2) is 4.39 Å². The molecule has 0 amide bonds. The van der Waals surface area contributed by atoms with Crippen LogP contribution in [0, 0.1) is 12.7 Å². The van der Waals surface area contributed by atoms with Gasteiger partial charge in [-0.1, -0.05) is 42.0 Å². The van der Waals surface area contributed by atoms with Gasteiger partial charge in [-0.2, -0.15) is 0 Å². The molecule has 0 aliphatic rings. The van der Waals surface area contributed by atoms with Gasteiger partial charge in [-0.15, -0.1) is 0 Å². The number of ketones is 1. The van der Waals surface area contributed by atoms with E-state index in [2.05, 4.69) is 0 Å². The highest BCUT2D eigenvalue weighted by Gasteiger charge is 2.13. The Morgan fingerprint density at radius 1 is 1.12 bits per heavy atom. The summed E-state index contributed by atoms with van der Waals surface area (Å²) in [6, 6.07) is 12.4. The molecule has 17 heavy (non-hydrogen) atoms. The second kappa shape index (κ2) is 4.50. The molecular weight excluding hydrogens is 215 g/mol. The van der Waals surface area contributed by atoms with Crippen LogP contribution < -0.4 is 0 Å². The fourth-order valence-electron chi connectivity index (χ4n) is 1.94. The lowest BCUT2D eigenvalue weighted by molar-refractivity contribution is 0.101. The lowest BCUT2D eigenvalue weighted by Crippen LogP contribution is -2.00. The number of rotatable bonds is 2. The van der Waals surface area contributed by atoms with E-state index in [1.807, 2.05) is 31.2 Å². The van der Waals surface area contributed by atoms with E-state index >= 15 is 0 Å². The van der Waals surface area contributed by atoms with E-state index in [0.29, 0.717) is 5.56 Å². The van der Waals surface area contributed by atoms with Gasteiger partial charge in [0.25, 0.3) is 0 Å². The van der Waals surface area contributed by atoms with Crippen molar-refractivity contribution in [2.75, 3.05) is 0 Å². The molecule has 0 atom stereocenters. The van der Waals surface area contributed by atoms with Crippen molar-refractivity contribution in [1.29, 1.82) is 0 Å². The van der Waals surface area contributed by atoms with Gasteiger partial charge in [-0.05, 0) is 31.0 Å². The standard InChI is InChI=1S/C15H13FO/c1-10-5-3-6-12(9-10)13-7-4-8-14(16)15(13)11(2)17/h3-9H,1-2H3. The summed E-state index contributed by atoms with van der Waals surface area (Å²) in [5.41, 5.74) is 2.77. The van der Waals surface area contributed by atoms with Gasteiger partial charge in [0.05, 0.1) is 5.56 Å². The van der Waals surface area contributed by atoms with Crippen LogP contribution in [0.5, 0.6) is 0 Å². The molecule has 0 bridgehead atoms. The molecule has 0 saturated carbocycles. The molecule has 0 spiro atoms. The van der Waals surface area contributed by atoms with Crippen molar-refractivity contribution in [2.45, 2.75) is 13.8 Å². The van der Waals surface area contributed by atoms with Crippen LogP contribution in [0.2, 0.25) is 0 Å². The average molecular weight is 228 g/mol. The highest BCUT2D eigenvalue weighted by atomic mass is 19.1. The quantitative estimate of drug-likeness (QED) is 0.710. The lowest BCUT2D eigenvalue weighted by Gasteiger charge is -2.08. The number of carbonyl (C=O) groups is 1. The highest BCUT2D eigenvalue weighted by Crippen LogP contribution is 2.26. The monoisotopic (exact) mass is 228 g/mol. The van der Waals surface area contributed by atoms with Gasteiger partial charge < -0.3 is 0 Å². The molecule has 0 unspecified atom stereocenters. The van der Waals surface area contributed by atoms with Crippen LogP contribution in [-0.2, 0) is 0 Å². The minimum atomic E-state index is -0.462. The van der Waals surface area contributed by atoms with Gasteiger partial charge >= 0.3 is 0 Å². The van der Waals surface area contributed by atoms with Crippen LogP contribution in [0.4, 0.5) is 4.39 Å². The summed E-state index contributed by atoms with van der Waals surface area (Å²) in [6.07, 6.45) is 0. The first-order chi connectivity index (χ1) is 8.09. The Bertz CT molecular complexity index is 573. The number of Topliss-reactive ketones (excluding diaryl/α,β-unsaturated/α-hetero) is 1. The Morgan fingerprint density at radius 3 is 2.47 bits per heavy atom. The maximum absolute atomic E-state index is 13.7. The Hall–Kier alpha value is -1.96. The van der Waals surface area contributed by atoms with Crippen LogP contribution in [0.15, 0.2) is 42.5 Å². The fraction of sp³-hybridized carbons (Fsp3) is 0.133. The fourth-order valence-corrected chi connectivity index (χ4v) is 1.94. The molecule has 0 N–H and O–H groups in total. The molecule has 0 saturated heterocycles. The number of carbonyl (C=O) groups excluding carboxylic acids is 1. The Labute approximate surface area is 99.9 Å². The second-order valence-electron chi connectivity index (χ2n) is 4.09. The number of halogens is 1. The topological polar surface area (TPSA) is 17.1 Å². The smallest absolute Gasteiger partial charge is 0.163 e. The minimum Gasteiger partial charge on any atom is -0.294 e. The first-order valence-electron chi connectivity index (χ1n) is 5.46. The summed E-state index contributed by atoms with van der Waals surface area (Å²) in [5.74, 6) is -0.712. The molecule has 1 nitrogen and oxygen atoms in total. The maximum atomic E-state index is 13.7. The molecule has 2 heteroatoms. The van der Waals surface area contributed by atoms with Crippen molar-refractivity contribution in [3.63, 3.8) is 0 Å². The molecule has 0 aliphatic heterocycles. The van der Waals surface area contributed by atoms with Crippen molar-refractivity contribution in [2.24, 2.45) is 0 Å². The van der Waals surface area contributed by atoms with E-state index in [1.54, 1.807) is 12.1 Å². The zero-order valence-corrected chi connectivity index (χ0v) is 9.83. The molecule has 0 radical (unpaired) electrons. The average Bonchev–Trinajstić information content (AvgIpc) is 2.28. The van der Waals surface area contributed by atoms with Crippen molar-refractivity contribution in [1.82, 2.24) is 0 Å². The number of aryl methyl sites for hydroxylation is 1. The Morgan fingerprint density at radius 2 is 1.82 bits per heavy atom. The molecule has 2 rings (SSSR count). The van der Waals surface area contributed by atoms with Crippen molar-refractivity contribution in [3.05, 3.63) is 59.4 Å². The summed E-state index contributed by atoms with van der Waals surface area (Å²) in [5, 5.41) is 0. The van der Waals surface area contributed by atoms with Gasteiger partial charge in [0.1, 0.15) is 5.82 Å². The van der Waals surface area contributed by atoms with Crippen molar-refractivity contribution in [3.8, 4) is 11.1 Å². The van der Waals surface area contributed by atoms with Crippen LogP contribution in [0.1, 0.15) is 22.8 Å². The first-order valence-corrected chi connectivity index (χ1v) is 5.46. The summed E-state index contributed by atoms with van der Waals surface area (Å²) in [6.45, 7) is 3.36. The maximum Gasteiger partial charge on any atom is 0.163 e. The zero-order valence-electron chi connectivity index (χ0n) is 9.83. The van der Waals surface area contributed by atoms with Crippen molar-refractivity contribution < 1.29 is 9.18 Å². The van der Waals surface area contributed by atoms with Crippen LogP contribution in [0.25, 0.3) is 11.1 Å². The third-order valence-electron chi connectivity index (χ3n) is 2.69. The SMILES string of the molecule is CC(=O)c1c(F)cccc1-c1cccc(C)c1. The Balaban J connectivity index is 2.67. The molecule has 0 fully saturated rings. The van der Waals surface area contributed by atoms with E-state index in [4.69, 9.17) is 0 Å². The predicted octanol–water partition coefficient (Wildman–Crippen LogP) is 4.00. The van der Waals surface area contributed by atoms with E-state index < -0.39 is 5.82 Å². The van der Waals surface area contributed by atoms with Gasteiger partial charge in [0, 0.05) is 0 Å². The minimum absolute atomic E-state index is 0.165. The van der Waals surface area contributed by atoms with E-state index in [-0.39, 0.29) is 11.3 Å². The normalized spacial score (nSPS) is 10.3. The Kier molecular flexibility index (Phi) is 3.05. The summed E-state index contributed by atoms with van der Waals surface area (Å²) >= 11 is 0. The van der Waals surface area contributed by atoms with E-state index in [1.165, 1.54) is 13.0 Å². The molecule has 0 aromatic heterocycles. The van der Waals surface area contributed by atoms with E-state index in [0.717, 1.165) is 11.1 Å². The number of hydrogen-bond donors (Lipinski definition) is 0. The van der Waals surface area contributed by atoms with Gasteiger partial charge in [-0.3, -0.25) is 4.79 Å². The number of hydrogen-bond acceptors (Lipinski definition) is 1. The van der Waals surface area contributed by atoms with Gasteiger partial charge in [0.2, 0.25) is 0 Å². The van der Waals surface area contributed by atoms with E-state index in [9.17, 15) is 9.18 Å². The highest BCUT2D eigenvalue weighted by molar-refractivity contribution is 6.01.